The third-order valence-electron chi connectivity index (χ3n) is 6.86. The molecule has 2 aromatic heterocycles. The first-order valence-electron chi connectivity index (χ1n) is 11.7. The van der Waals surface area contributed by atoms with E-state index in [1.54, 1.807) is 11.1 Å². The predicted octanol–water partition coefficient (Wildman–Crippen LogP) is 2.48. The molecule has 1 unspecified atom stereocenters. The number of carbonyl (C=O) groups excluding carboxylic acids is 1. The van der Waals surface area contributed by atoms with Gasteiger partial charge in [-0.15, -0.1) is 0 Å². The van der Waals surface area contributed by atoms with Crippen LogP contribution in [0.1, 0.15) is 48.0 Å². The monoisotopic (exact) mass is 449 g/mol. The molecule has 3 aromatic rings. The fourth-order valence-corrected chi connectivity index (χ4v) is 4.68. The van der Waals surface area contributed by atoms with Gasteiger partial charge >= 0.3 is 0 Å². The summed E-state index contributed by atoms with van der Waals surface area (Å²) < 4.78 is 7.53. The number of imidazole rings is 1. The van der Waals surface area contributed by atoms with Gasteiger partial charge in [-0.1, -0.05) is 29.8 Å². The van der Waals surface area contributed by atoms with Gasteiger partial charge in [-0.2, -0.15) is 4.98 Å². The van der Waals surface area contributed by atoms with Gasteiger partial charge in [0.15, 0.2) is 0 Å². The van der Waals surface area contributed by atoms with E-state index < -0.39 is 0 Å². The Morgan fingerprint density at radius 3 is 2.82 bits per heavy atom. The molecule has 0 spiro atoms. The molecule has 0 radical (unpaired) electrons. The van der Waals surface area contributed by atoms with E-state index in [0.29, 0.717) is 43.7 Å². The van der Waals surface area contributed by atoms with E-state index in [2.05, 4.69) is 61.1 Å². The fourth-order valence-electron chi connectivity index (χ4n) is 4.68. The van der Waals surface area contributed by atoms with Crippen molar-refractivity contribution in [2.75, 3.05) is 25.0 Å². The Bertz CT molecular complexity index is 1080. The Hall–Kier alpha value is -3.20. The largest absolute Gasteiger partial charge is 0.338 e. The summed E-state index contributed by atoms with van der Waals surface area (Å²) in [6, 6.07) is 8.86. The molecule has 1 amide bonds. The third-order valence-corrected chi connectivity index (χ3v) is 6.86. The second-order valence-electron chi connectivity index (χ2n) is 9.06. The zero-order valence-electron chi connectivity index (χ0n) is 19.3. The van der Waals surface area contributed by atoms with Gasteiger partial charge < -0.3 is 18.9 Å². The number of hydrogen-bond acceptors (Lipinski definition) is 7. The Morgan fingerprint density at radius 1 is 1.24 bits per heavy atom. The molecule has 2 aliphatic heterocycles. The summed E-state index contributed by atoms with van der Waals surface area (Å²) in [7, 11) is 1.83. The lowest BCUT2D eigenvalue weighted by molar-refractivity contribution is -0.133. The van der Waals surface area contributed by atoms with Gasteiger partial charge in [0.05, 0.1) is 13.1 Å². The molecular weight excluding hydrogens is 418 g/mol. The highest BCUT2D eigenvalue weighted by molar-refractivity contribution is 5.76. The van der Waals surface area contributed by atoms with Crippen molar-refractivity contribution < 1.29 is 9.32 Å². The van der Waals surface area contributed by atoms with Crippen molar-refractivity contribution in [3.63, 3.8) is 0 Å². The first-order valence-corrected chi connectivity index (χ1v) is 11.7. The number of aromatic nitrogens is 4. The number of likely N-dealkylation sites (N-methyl/N-ethyl adjacent to an activating group) is 1. The van der Waals surface area contributed by atoms with Crippen LogP contribution in [0.2, 0.25) is 0 Å². The highest BCUT2D eigenvalue weighted by Crippen LogP contribution is 2.29. The molecule has 33 heavy (non-hydrogen) atoms. The summed E-state index contributed by atoms with van der Waals surface area (Å²) in [6.45, 7) is 5.28. The van der Waals surface area contributed by atoms with Crippen LogP contribution in [-0.2, 0) is 24.3 Å². The Labute approximate surface area is 193 Å². The van der Waals surface area contributed by atoms with Crippen molar-refractivity contribution in [3.8, 4) is 0 Å². The normalized spacial score (nSPS) is 18.8. The van der Waals surface area contributed by atoms with Gasteiger partial charge in [-0.3, -0.25) is 10.1 Å². The molecule has 0 saturated carbocycles. The molecule has 1 fully saturated rings. The number of nitrogens with one attached hydrogen (secondary N) is 1. The number of nitrogens with zero attached hydrogens (tertiary/aromatic N) is 6. The standard InChI is InChI=1S/C24H31N7O2/c1-17-3-5-18(6-4-17)19-9-12-30(13-10-19)24-27-22(33-28-24)7-8-23(32)29(2)21-16-31-14-11-25-20(31)15-26-21/h3-6,11,14,19,21,26H,7-10,12-13,15-16H2,1-2H3. The van der Waals surface area contributed by atoms with Crippen LogP contribution in [0.25, 0.3) is 0 Å². The molecular formula is C24H31N7O2. The summed E-state index contributed by atoms with van der Waals surface area (Å²) in [4.78, 5) is 25.5. The van der Waals surface area contributed by atoms with E-state index in [-0.39, 0.29) is 12.1 Å². The van der Waals surface area contributed by atoms with Crippen molar-refractivity contribution >= 4 is 11.9 Å². The highest BCUT2D eigenvalue weighted by Gasteiger charge is 2.26. The lowest BCUT2D eigenvalue weighted by Crippen LogP contribution is -2.51. The lowest BCUT2D eigenvalue weighted by Gasteiger charge is -2.33. The lowest BCUT2D eigenvalue weighted by atomic mass is 9.89. The molecule has 9 nitrogen and oxygen atoms in total. The minimum absolute atomic E-state index is 0.0488. The Morgan fingerprint density at radius 2 is 2.03 bits per heavy atom. The number of fused-ring (bicyclic) bond motifs is 1. The van der Waals surface area contributed by atoms with Gasteiger partial charge in [0.1, 0.15) is 12.0 Å². The van der Waals surface area contributed by atoms with Crippen LogP contribution in [0.4, 0.5) is 5.95 Å². The smallest absolute Gasteiger partial charge is 0.266 e. The van der Waals surface area contributed by atoms with Crippen molar-refractivity contribution in [2.45, 2.75) is 57.8 Å². The molecule has 1 saturated heterocycles. The second-order valence-corrected chi connectivity index (χ2v) is 9.06. The highest BCUT2D eigenvalue weighted by atomic mass is 16.5. The molecule has 2 aliphatic rings. The topological polar surface area (TPSA) is 92.3 Å². The summed E-state index contributed by atoms with van der Waals surface area (Å²) >= 11 is 0. The number of aryl methyl sites for hydroxylation is 2. The maximum absolute atomic E-state index is 12.7. The number of rotatable bonds is 6. The van der Waals surface area contributed by atoms with Crippen LogP contribution in [-0.4, -0.2) is 56.8 Å². The SMILES string of the molecule is Cc1ccc(C2CCN(c3noc(CCC(=O)N(C)C4Cn5ccnc5CN4)n3)CC2)cc1. The molecule has 9 heteroatoms. The zero-order chi connectivity index (χ0) is 22.8. The van der Waals surface area contributed by atoms with Crippen molar-refractivity contribution in [2.24, 2.45) is 0 Å². The zero-order valence-corrected chi connectivity index (χ0v) is 19.3. The maximum atomic E-state index is 12.7. The first kappa shape index (κ1) is 21.6. The molecule has 1 N–H and O–H groups in total. The van der Waals surface area contributed by atoms with Gasteiger partial charge in [-0.05, 0) is 36.4 Å². The number of anilines is 1. The van der Waals surface area contributed by atoms with Gasteiger partial charge in [0.2, 0.25) is 11.8 Å². The number of hydrogen-bond donors (Lipinski definition) is 1. The molecule has 1 atom stereocenters. The van der Waals surface area contributed by atoms with Crippen LogP contribution >= 0.6 is 0 Å². The Kier molecular flexibility index (Phi) is 6.13. The van der Waals surface area contributed by atoms with Crippen molar-refractivity contribution in [1.82, 2.24) is 29.9 Å². The van der Waals surface area contributed by atoms with E-state index in [0.717, 1.165) is 31.8 Å². The van der Waals surface area contributed by atoms with E-state index >= 15 is 0 Å². The van der Waals surface area contributed by atoms with E-state index in [4.69, 9.17) is 4.52 Å². The van der Waals surface area contributed by atoms with Crippen molar-refractivity contribution in [3.05, 3.63) is 59.5 Å². The summed E-state index contributed by atoms with van der Waals surface area (Å²) in [5.41, 5.74) is 2.70. The van der Waals surface area contributed by atoms with E-state index in [1.165, 1.54) is 11.1 Å². The number of amides is 1. The second kappa shape index (κ2) is 9.35. The quantitative estimate of drug-likeness (QED) is 0.618. The average Bonchev–Trinajstić information content (AvgIpc) is 3.52. The first-order chi connectivity index (χ1) is 16.1. The maximum Gasteiger partial charge on any atom is 0.266 e. The number of carbonyl (C=O) groups is 1. The molecule has 0 bridgehead atoms. The van der Waals surface area contributed by atoms with Gasteiger partial charge in [-0.25, -0.2) is 4.98 Å². The van der Waals surface area contributed by atoms with Crippen LogP contribution in [0, 0.1) is 6.92 Å². The van der Waals surface area contributed by atoms with Crippen LogP contribution in [0.15, 0.2) is 41.2 Å². The molecule has 174 valence electrons. The minimum atomic E-state index is -0.0488. The summed E-state index contributed by atoms with van der Waals surface area (Å²) in [5.74, 6) is 2.77. The number of piperidine rings is 1. The third kappa shape index (κ3) is 4.78. The number of benzene rings is 1. The molecule has 4 heterocycles. The molecule has 0 aliphatic carbocycles. The predicted molar refractivity (Wildman–Crippen MR) is 124 cm³/mol. The van der Waals surface area contributed by atoms with Gasteiger partial charge in [0, 0.05) is 45.4 Å². The molecule has 5 rings (SSSR count). The summed E-state index contributed by atoms with van der Waals surface area (Å²) in [5, 5.41) is 7.54. The molecule has 1 aromatic carbocycles. The Balaban J connectivity index is 1.10. The summed E-state index contributed by atoms with van der Waals surface area (Å²) in [6.07, 6.45) is 6.62. The van der Waals surface area contributed by atoms with E-state index in [9.17, 15) is 4.79 Å². The van der Waals surface area contributed by atoms with Crippen LogP contribution in [0.3, 0.4) is 0 Å². The minimum Gasteiger partial charge on any atom is -0.338 e. The van der Waals surface area contributed by atoms with Crippen molar-refractivity contribution in [1.29, 1.82) is 0 Å². The van der Waals surface area contributed by atoms with Crippen LogP contribution < -0.4 is 10.2 Å². The van der Waals surface area contributed by atoms with Crippen LogP contribution in [0.5, 0.6) is 0 Å². The fraction of sp³-hybridized carbons (Fsp3) is 0.500. The van der Waals surface area contributed by atoms with Gasteiger partial charge in [0.25, 0.3) is 5.95 Å². The average molecular weight is 450 g/mol. The van der Waals surface area contributed by atoms with E-state index in [1.807, 2.05) is 13.2 Å².